The van der Waals surface area contributed by atoms with Crippen molar-refractivity contribution in [3.8, 4) is 0 Å². The van der Waals surface area contributed by atoms with Crippen molar-refractivity contribution < 1.29 is 9.53 Å². The summed E-state index contributed by atoms with van der Waals surface area (Å²) in [5.41, 5.74) is 2.67. The van der Waals surface area contributed by atoms with Crippen LogP contribution in [0.25, 0.3) is 10.9 Å². The Morgan fingerprint density at radius 1 is 1.36 bits per heavy atom. The van der Waals surface area contributed by atoms with E-state index >= 15 is 0 Å². The van der Waals surface area contributed by atoms with E-state index in [2.05, 4.69) is 56.7 Å². The third-order valence-electron chi connectivity index (χ3n) is 5.53. The number of benzene rings is 1. The summed E-state index contributed by atoms with van der Waals surface area (Å²) >= 11 is 0. The summed E-state index contributed by atoms with van der Waals surface area (Å²) in [5.74, 6) is 1.09. The van der Waals surface area contributed by atoms with Crippen LogP contribution >= 0.6 is 0 Å². The Hall–Kier alpha value is -3.55. The van der Waals surface area contributed by atoms with Gasteiger partial charge >= 0.3 is 6.09 Å². The Morgan fingerprint density at radius 3 is 3.00 bits per heavy atom. The number of amides is 1. The predicted molar refractivity (Wildman–Crippen MR) is 132 cm³/mol. The smallest absolute Gasteiger partial charge is 0.410 e. The molecule has 2 aliphatic rings. The fourth-order valence-electron chi connectivity index (χ4n) is 4.02. The fourth-order valence-corrected chi connectivity index (χ4v) is 4.02. The van der Waals surface area contributed by atoms with Gasteiger partial charge in [-0.15, -0.1) is 6.58 Å². The second-order valence-corrected chi connectivity index (χ2v) is 9.36. The molecule has 0 aliphatic carbocycles. The van der Waals surface area contributed by atoms with E-state index in [4.69, 9.17) is 4.74 Å². The first-order valence-corrected chi connectivity index (χ1v) is 11.3. The minimum atomic E-state index is -0.517. The van der Waals surface area contributed by atoms with Crippen LogP contribution in [0.3, 0.4) is 0 Å². The van der Waals surface area contributed by atoms with Crippen LogP contribution in [0.5, 0.6) is 0 Å². The van der Waals surface area contributed by atoms with Crippen molar-refractivity contribution in [1.29, 1.82) is 0 Å². The van der Waals surface area contributed by atoms with E-state index in [-0.39, 0.29) is 18.1 Å². The molecular weight excluding hydrogens is 416 g/mol. The molecule has 4 rings (SSSR count). The molecule has 3 heterocycles. The number of anilines is 1. The molecular formula is C25H32N6O2. The minimum Gasteiger partial charge on any atom is -0.444 e. The van der Waals surface area contributed by atoms with Crippen LogP contribution in [0.4, 0.5) is 10.5 Å². The highest BCUT2D eigenvalue weighted by Gasteiger charge is 2.31. The van der Waals surface area contributed by atoms with E-state index in [1.54, 1.807) is 11.0 Å². The molecule has 8 nitrogen and oxygen atoms in total. The maximum Gasteiger partial charge on any atom is 0.410 e. The van der Waals surface area contributed by atoms with Gasteiger partial charge in [0, 0.05) is 36.1 Å². The monoisotopic (exact) mass is 448 g/mol. The number of aromatic nitrogens is 2. The van der Waals surface area contributed by atoms with Crippen molar-refractivity contribution in [2.75, 3.05) is 18.4 Å². The lowest BCUT2D eigenvalue weighted by atomic mass is 9.97. The van der Waals surface area contributed by atoms with Crippen LogP contribution < -0.4 is 10.6 Å². The van der Waals surface area contributed by atoms with Crippen molar-refractivity contribution in [3.63, 3.8) is 0 Å². The topological polar surface area (TPSA) is 94.6 Å². The average Bonchev–Trinajstić information content (AvgIpc) is 3.38. The van der Waals surface area contributed by atoms with Gasteiger partial charge in [-0.25, -0.2) is 9.79 Å². The van der Waals surface area contributed by atoms with Gasteiger partial charge in [0.05, 0.1) is 23.7 Å². The number of rotatable bonds is 8. The number of aliphatic imine (C=N–C) groups is 1. The number of hydrogen-bond acceptors (Lipinski definition) is 6. The quantitative estimate of drug-likeness (QED) is 0.514. The molecule has 2 unspecified atom stereocenters. The van der Waals surface area contributed by atoms with Gasteiger partial charge in [-0.05, 0) is 57.9 Å². The number of nitrogens with zero attached hydrogens (tertiary/aromatic N) is 3. The second-order valence-electron chi connectivity index (χ2n) is 9.36. The summed E-state index contributed by atoms with van der Waals surface area (Å²) in [6.07, 6.45) is 11.0. The van der Waals surface area contributed by atoms with Gasteiger partial charge in [0.15, 0.2) is 0 Å². The number of fused-ring (bicyclic) bond motifs is 2. The Kier molecular flexibility index (Phi) is 6.53. The lowest BCUT2D eigenvalue weighted by Crippen LogP contribution is -2.37. The number of carbonyl (C=O) groups excluding carboxylic acids is 1. The zero-order valence-corrected chi connectivity index (χ0v) is 19.5. The molecule has 0 saturated carbocycles. The van der Waals surface area contributed by atoms with Crippen LogP contribution in [-0.4, -0.2) is 51.8 Å². The van der Waals surface area contributed by atoms with E-state index in [1.807, 2.05) is 39.2 Å². The number of carbonyl (C=O) groups is 1. The van der Waals surface area contributed by atoms with Gasteiger partial charge in [0.25, 0.3) is 0 Å². The largest absolute Gasteiger partial charge is 0.444 e. The number of nitrogens with one attached hydrogen (secondary N) is 3. The zero-order chi connectivity index (χ0) is 23.4. The molecule has 1 aromatic carbocycles. The highest BCUT2D eigenvalue weighted by molar-refractivity contribution is 5.93. The van der Waals surface area contributed by atoms with Crippen molar-refractivity contribution >= 4 is 28.5 Å². The Bertz CT molecular complexity index is 1110. The summed E-state index contributed by atoms with van der Waals surface area (Å²) in [4.78, 5) is 18.7. The molecule has 33 heavy (non-hydrogen) atoms. The Balaban J connectivity index is 1.35. The summed E-state index contributed by atoms with van der Waals surface area (Å²) in [5, 5.41) is 15.2. The lowest BCUT2D eigenvalue weighted by Gasteiger charge is -2.26. The van der Waals surface area contributed by atoms with Gasteiger partial charge in [0.2, 0.25) is 0 Å². The van der Waals surface area contributed by atoms with E-state index in [0.29, 0.717) is 13.1 Å². The number of ether oxygens (including phenoxy) is 1. The first-order valence-electron chi connectivity index (χ1n) is 11.3. The maximum absolute atomic E-state index is 12.4. The molecule has 2 aliphatic heterocycles. The molecule has 1 aromatic heterocycles. The molecule has 0 spiro atoms. The summed E-state index contributed by atoms with van der Waals surface area (Å²) in [6.45, 7) is 10.4. The van der Waals surface area contributed by atoms with Crippen LogP contribution in [0.2, 0.25) is 0 Å². The summed E-state index contributed by atoms with van der Waals surface area (Å²) in [6, 6.07) is 6.28. The van der Waals surface area contributed by atoms with Crippen molar-refractivity contribution in [3.05, 3.63) is 61.1 Å². The zero-order valence-electron chi connectivity index (χ0n) is 19.5. The fraction of sp³-hybridized carbons (Fsp3) is 0.400. The molecule has 3 N–H and O–H groups in total. The number of H-pyrrole nitrogens is 1. The van der Waals surface area contributed by atoms with Gasteiger partial charge in [-0.1, -0.05) is 12.2 Å². The van der Waals surface area contributed by atoms with E-state index in [0.717, 1.165) is 41.0 Å². The van der Waals surface area contributed by atoms with Gasteiger partial charge in [0.1, 0.15) is 11.4 Å². The normalized spacial score (nSPS) is 19.4. The molecule has 0 fully saturated rings. The molecule has 8 heteroatoms. The molecule has 1 amide bonds. The minimum absolute atomic E-state index is 0.103. The molecule has 0 bridgehead atoms. The van der Waals surface area contributed by atoms with Gasteiger partial charge in [-0.3, -0.25) is 5.10 Å². The third kappa shape index (κ3) is 5.63. The predicted octanol–water partition coefficient (Wildman–Crippen LogP) is 4.58. The van der Waals surface area contributed by atoms with Crippen molar-refractivity contribution in [2.24, 2.45) is 10.9 Å². The first kappa shape index (κ1) is 22.6. The number of hydrogen-bond donors (Lipinski definition) is 3. The third-order valence-corrected chi connectivity index (χ3v) is 5.53. The van der Waals surface area contributed by atoms with Crippen LogP contribution in [0.1, 0.15) is 33.6 Å². The van der Waals surface area contributed by atoms with Crippen LogP contribution in [0, 0.1) is 5.92 Å². The molecule has 2 atom stereocenters. The average molecular weight is 449 g/mol. The SMILES string of the molecule is C=CCN(CCCC1=CC2C(=NC=CC2Nc2ccc3[nH]ncc3c2)N1)C(=O)OC(C)(C)C. The molecule has 0 radical (unpaired) electrons. The van der Waals surface area contributed by atoms with Gasteiger partial charge < -0.3 is 20.3 Å². The van der Waals surface area contributed by atoms with Crippen LogP contribution in [0.15, 0.2) is 66.1 Å². The molecule has 174 valence electrons. The summed E-state index contributed by atoms with van der Waals surface area (Å²) < 4.78 is 5.51. The number of allylic oxidation sites excluding steroid dienone is 1. The van der Waals surface area contributed by atoms with E-state index < -0.39 is 5.60 Å². The number of aromatic amines is 1. The van der Waals surface area contributed by atoms with Crippen molar-refractivity contribution in [2.45, 2.75) is 45.3 Å². The van der Waals surface area contributed by atoms with Crippen LogP contribution in [-0.2, 0) is 4.74 Å². The molecule has 0 saturated heterocycles. The Labute approximate surface area is 194 Å². The van der Waals surface area contributed by atoms with Gasteiger partial charge in [-0.2, -0.15) is 5.10 Å². The van der Waals surface area contributed by atoms with Crippen molar-refractivity contribution in [1.82, 2.24) is 20.4 Å². The highest BCUT2D eigenvalue weighted by Crippen LogP contribution is 2.27. The number of amidine groups is 1. The van der Waals surface area contributed by atoms with E-state index in [9.17, 15) is 4.79 Å². The maximum atomic E-state index is 12.4. The second kappa shape index (κ2) is 9.52. The lowest BCUT2D eigenvalue weighted by molar-refractivity contribution is 0.0270. The first-order chi connectivity index (χ1) is 15.8. The highest BCUT2D eigenvalue weighted by atomic mass is 16.6. The van der Waals surface area contributed by atoms with E-state index in [1.165, 1.54) is 0 Å². The summed E-state index contributed by atoms with van der Waals surface area (Å²) in [7, 11) is 0. The standard InChI is InChI=1S/C25H32N6O2/c1-5-12-31(24(32)33-25(2,3)4)13-6-7-18-15-20-22(10-11-26-23(20)29-18)28-19-8-9-21-17(14-19)16-27-30-21/h5,8-11,14-16,20,22,28H,1,6-7,12-13H2,2-4H3,(H,26,29)(H,27,30). The molecule has 2 aromatic rings. The Morgan fingerprint density at radius 2 is 2.21 bits per heavy atom.